The number of carbonyl (C=O) groups excluding carboxylic acids is 1. The summed E-state index contributed by atoms with van der Waals surface area (Å²) in [6.45, 7) is 4.77. The fourth-order valence-corrected chi connectivity index (χ4v) is 2.43. The first kappa shape index (κ1) is 16.7. The van der Waals surface area contributed by atoms with E-state index in [1.165, 1.54) is 0 Å². The SMILES string of the molecule is CCN1CCC(N(C)C(=O)NC(CCO)C(=O)O)CC1. The van der Waals surface area contributed by atoms with Crippen LogP contribution in [0.2, 0.25) is 0 Å². The summed E-state index contributed by atoms with van der Waals surface area (Å²) in [5.41, 5.74) is 0. The molecular weight excluding hydrogens is 262 g/mol. The Bertz CT molecular complexity index is 330. The zero-order chi connectivity index (χ0) is 15.1. The normalized spacial score (nSPS) is 18.6. The molecule has 116 valence electrons. The maximum absolute atomic E-state index is 12.0. The lowest BCUT2D eigenvalue weighted by Crippen LogP contribution is -2.52. The Hall–Kier alpha value is -1.34. The van der Waals surface area contributed by atoms with E-state index in [0.717, 1.165) is 32.5 Å². The first-order valence-electron chi connectivity index (χ1n) is 7.08. The molecule has 1 aliphatic heterocycles. The standard InChI is InChI=1S/C13H25N3O4/c1-3-16-7-4-10(5-8-16)15(2)13(20)14-11(6-9-17)12(18)19/h10-11,17H,3-9H2,1-2H3,(H,14,20)(H,18,19). The Labute approximate surface area is 119 Å². The lowest BCUT2D eigenvalue weighted by atomic mass is 10.0. The van der Waals surface area contributed by atoms with Crippen LogP contribution in [-0.4, -0.2) is 77.4 Å². The number of nitrogens with one attached hydrogen (secondary N) is 1. The number of aliphatic hydroxyl groups is 1. The predicted molar refractivity (Wildman–Crippen MR) is 74.6 cm³/mol. The highest BCUT2D eigenvalue weighted by Crippen LogP contribution is 2.15. The van der Waals surface area contributed by atoms with Crippen molar-refractivity contribution >= 4 is 12.0 Å². The minimum absolute atomic E-state index is 0.0171. The van der Waals surface area contributed by atoms with Crippen LogP contribution < -0.4 is 5.32 Å². The molecule has 1 fully saturated rings. The molecule has 1 rings (SSSR count). The zero-order valence-electron chi connectivity index (χ0n) is 12.2. The van der Waals surface area contributed by atoms with Gasteiger partial charge in [0.05, 0.1) is 0 Å². The van der Waals surface area contributed by atoms with Gasteiger partial charge in [-0.05, 0) is 19.4 Å². The van der Waals surface area contributed by atoms with Crippen LogP contribution in [0.3, 0.4) is 0 Å². The molecule has 2 amide bonds. The molecule has 20 heavy (non-hydrogen) atoms. The summed E-state index contributed by atoms with van der Waals surface area (Å²) in [6.07, 6.45) is 1.81. The number of amides is 2. The van der Waals surface area contributed by atoms with E-state index in [1.807, 2.05) is 0 Å². The van der Waals surface area contributed by atoms with Gasteiger partial charge in [0.15, 0.2) is 0 Å². The zero-order valence-corrected chi connectivity index (χ0v) is 12.2. The van der Waals surface area contributed by atoms with Gasteiger partial charge in [-0.1, -0.05) is 6.92 Å². The van der Waals surface area contributed by atoms with E-state index >= 15 is 0 Å². The van der Waals surface area contributed by atoms with Crippen LogP contribution in [0, 0.1) is 0 Å². The number of hydrogen-bond donors (Lipinski definition) is 3. The van der Waals surface area contributed by atoms with E-state index in [0.29, 0.717) is 0 Å². The third-order valence-corrected chi connectivity index (χ3v) is 3.89. The average molecular weight is 287 g/mol. The maximum atomic E-state index is 12.0. The molecule has 0 saturated carbocycles. The molecule has 1 unspecified atom stereocenters. The Morgan fingerprint density at radius 1 is 1.40 bits per heavy atom. The van der Waals surface area contributed by atoms with E-state index in [4.69, 9.17) is 10.2 Å². The smallest absolute Gasteiger partial charge is 0.326 e. The molecule has 7 nitrogen and oxygen atoms in total. The molecule has 0 radical (unpaired) electrons. The van der Waals surface area contributed by atoms with Crippen molar-refractivity contribution in [1.29, 1.82) is 0 Å². The van der Waals surface area contributed by atoms with Crippen molar-refractivity contribution in [3.05, 3.63) is 0 Å². The molecule has 1 heterocycles. The Morgan fingerprint density at radius 2 is 2.00 bits per heavy atom. The summed E-state index contributed by atoms with van der Waals surface area (Å²) >= 11 is 0. The van der Waals surface area contributed by atoms with Crippen molar-refractivity contribution in [3.63, 3.8) is 0 Å². The van der Waals surface area contributed by atoms with Crippen molar-refractivity contribution in [2.45, 2.75) is 38.3 Å². The van der Waals surface area contributed by atoms with Crippen molar-refractivity contribution in [3.8, 4) is 0 Å². The molecule has 1 aliphatic rings. The lowest BCUT2D eigenvalue weighted by molar-refractivity contribution is -0.139. The van der Waals surface area contributed by atoms with Gasteiger partial charge in [0.2, 0.25) is 0 Å². The van der Waals surface area contributed by atoms with Gasteiger partial charge >= 0.3 is 12.0 Å². The molecule has 0 bridgehead atoms. The molecule has 0 aliphatic carbocycles. The van der Waals surface area contributed by atoms with E-state index in [9.17, 15) is 9.59 Å². The van der Waals surface area contributed by atoms with E-state index in [-0.39, 0.29) is 25.1 Å². The minimum Gasteiger partial charge on any atom is -0.480 e. The Balaban J connectivity index is 2.48. The van der Waals surface area contributed by atoms with Gasteiger partial charge in [0, 0.05) is 39.2 Å². The second-order valence-corrected chi connectivity index (χ2v) is 5.13. The second-order valence-electron chi connectivity index (χ2n) is 5.13. The van der Waals surface area contributed by atoms with E-state index in [1.54, 1.807) is 11.9 Å². The van der Waals surface area contributed by atoms with Crippen molar-refractivity contribution in [1.82, 2.24) is 15.1 Å². The number of nitrogens with zero attached hydrogens (tertiary/aromatic N) is 2. The van der Waals surface area contributed by atoms with Gasteiger partial charge in [-0.15, -0.1) is 0 Å². The molecule has 0 spiro atoms. The van der Waals surface area contributed by atoms with Crippen LogP contribution in [0.4, 0.5) is 4.79 Å². The van der Waals surface area contributed by atoms with Crippen LogP contribution in [-0.2, 0) is 4.79 Å². The number of rotatable bonds is 6. The van der Waals surface area contributed by atoms with Gasteiger partial charge in [-0.3, -0.25) is 0 Å². The Kier molecular flexibility index (Phi) is 6.74. The minimum atomic E-state index is -1.12. The molecule has 3 N–H and O–H groups in total. The van der Waals surface area contributed by atoms with Crippen LogP contribution in [0.15, 0.2) is 0 Å². The summed E-state index contributed by atoms with van der Waals surface area (Å²) in [7, 11) is 1.69. The number of aliphatic hydroxyl groups excluding tert-OH is 1. The highest BCUT2D eigenvalue weighted by atomic mass is 16.4. The number of carboxylic acid groups (broad SMARTS) is 1. The van der Waals surface area contributed by atoms with Gasteiger partial charge in [-0.2, -0.15) is 0 Å². The van der Waals surface area contributed by atoms with Gasteiger partial charge < -0.3 is 25.3 Å². The molecule has 1 saturated heterocycles. The first-order chi connectivity index (χ1) is 9.49. The van der Waals surface area contributed by atoms with E-state index < -0.39 is 12.0 Å². The van der Waals surface area contributed by atoms with Gasteiger partial charge in [-0.25, -0.2) is 9.59 Å². The van der Waals surface area contributed by atoms with Crippen molar-refractivity contribution < 1.29 is 19.8 Å². The largest absolute Gasteiger partial charge is 0.480 e. The van der Waals surface area contributed by atoms with Crippen LogP contribution in [0.1, 0.15) is 26.2 Å². The summed E-state index contributed by atoms with van der Waals surface area (Å²) in [4.78, 5) is 26.9. The highest BCUT2D eigenvalue weighted by molar-refractivity contribution is 5.82. The number of carbonyl (C=O) groups is 2. The monoisotopic (exact) mass is 287 g/mol. The molecule has 0 aromatic carbocycles. The molecule has 0 aromatic rings. The van der Waals surface area contributed by atoms with Gasteiger partial charge in [0.25, 0.3) is 0 Å². The lowest BCUT2D eigenvalue weighted by Gasteiger charge is -2.36. The van der Waals surface area contributed by atoms with Gasteiger partial charge in [0.1, 0.15) is 6.04 Å². The summed E-state index contributed by atoms with van der Waals surface area (Å²) in [6, 6.07) is -1.28. The molecule has 7 heteroatoms. The van der Waals surface area contributed by atoms with Crippen LogP contribution >= 0.6 is 0 Å². The number of piperidine rings is 1. The quantitative estimate of drug-likeness (QED) is 0.637. The Morgan fingerprint density at radius 3 is 2.45 bits per heavy atom. The third-order valence-electron chi connectivity index (χ3n) is 3.89. The summed E-state index contributed by atoms with van der Waals surface area (Å²) < 4.78 is 0. The number of likely N-dealkylation sites (tertiary alicyclic amines) is 1. The third kappa shape index (κ3) is 4.64. The summed E-state index contributed by atoms with van der Waals surface area (Å²) in [5, 5.41) is 20.2. The summed E-state index contributed by atoms with van der Waals surface area (Å²) in [5.74, 6) is -1.12. The number of aliphatic carboxylic acids is 1. The second kappa shape index (κ2) is 8.06. The van der Waals surface area contributed by atoms with Crippen molar-refractivity contribution in [2.75, 3.05) is 33.3 Å². The topological polar surface area (TPSA) is 93.1 Å². The average Bonchev–Trinajstić information content (AvgIpc) is 2.45. The fraction of sp³-hybridized carbons (Fsp3) is 0.846. The number of carboxylic acids is 1. The molecular formula is C13H25N3O4. The highest BCUT2D eigenvalue weighted by Gasteiger charge is 2.27. The molecule has 1 atom stereocenters. The van der Waals surface area contributed by atoms with E-state index in [2.05, 4.69) is 17.1 Å². The predicted octanol–water partition coefficient (Wildman–Crippen LogP) is -0.0523. The number of urea groups is 1. The fourth-order valence-electron chi connectivity index (χ4n) is 2.43. The molecule has 0 aromatic heterocycles. The number of hydrogen-bond acceptors (Lipinski definition) is 4. The first-order valence-corrected chi connectivity index (χ1v) is 7.08. The van der Waals surface area contributed by atoms with Crippen LogP contribution in [0.5, 0.6) is 0 Å². The van der Waals surface area contributed by atoms with Crippen molar-refractivity contribution in [2.24, 2.45) is 0 Å². The van der Waals surface area contributed by atoms with Crippen LogP contribution in [0.25, 0.3) is 0 Å². The maximum Gasteiger partial charge on any atom is 0.326 e.